The van der Waals surface area contributed by atoms with Crippen molar-refractivity contribution in [2.75, 3.05) is 14.2 Å². The van der Waals surface area contributed by atoms with Crippen molar-refractivity contribution >= 4 is 5.91 Å². The summed E-state index contributed by atoms with van der Waals surface area (Å²) in [5.74, 6) is 1.32. The lowest BCUT2D eigenvalue weighted by atomic mass is 9.72. The number of carbonyl (C=O) groups excluding carboxylic acids is 1. The third kappa shape index (κ3) is 3.22. The molecule has 0 radical (unpaired) electrons. The van der Waals surface area contributed by atoms with E-state index in [1.54, 1.807) is 21.1 Å². The van der Waals surface area contributed by atoms with Gasteiger partial charge in [0, 0.05) is 18.0 Å². The molecule has 5 nitrogen and oxygen atoms in total. The van der Waals surface area contributed by atoms with E-state index in [9.17, 15) is 9.90 Å². The highest BCUT2D eigenvalue weighted by Gasteiger charge is 2.42. The molecule has 2 rings (SSSR count). The second-order valence-electron chi connectivity index (χ2n) is 5.50. The summed E-state index contributed by atoms with van der Waals surface area (Å²) in [5.41, 5.74) is 0.182. The SMILES string of the molecule is COc1ccc(OC)c(CNC(=O)C2CC(C)(O)C2)c1. The second-order valence-corrected chi connectivity index (χ2v) is 5.50. The van der Waals surface area contributed by atoms with Gasteiger partial charge in [-0.1, -0.05) is 0 Å². The summed E-state index contributed by atoms with van der Waals surface area (Å²) in [7, 11) is 3.19. The standard InChI is InChI=1S/C15H21NO4/c1-15(18)7-11(8-15)14(17)16-9-10-6-12(19-2)4-5-13(10)20-3/h4-6,11,18H,7-9H2,1-3H3,(H,16,17). The minimum Gasteiger partial charge on any atom is -0.497 e. The Morgan fingerprint density at radius 2 is 2.10 bits per heavy atom. The fraction of sp³-hybridized carbons (Fsp3) is 0.533. The quantitative estimate of drug-likeness (QED) is 0.856. The van der Waals surface area contributed by atoms with Crippen molar-refractivity contribution in [3.63, 3.8) is 0 Å². The molecule has 0 aliphatic heterocycles. The van der Waals surface area contributed by atoms with Crippen LogP contribution in [-0.4, -0.2) is 30.8 Å². The summed E-state index contributed by atoms with van der Waals surface area (Å²) >= 11 is 0. The summed E-state index contributed by atoms with van der Waals surface area (Å²) in [6.45, 7) is 2.14. The molecule has 110 valence electrons. The van der Waals surface area contributed by atoms with Crippen LogP contribution in [0.1, 0.15) is 25.3 Å². The molecule has 5 heteroatoms. The summed E-state index contributed by atoms with van der Waals surface area (Å²) in [4.78, 5) is 11.9. The lowest BCUT2D eigenvalue weighted by molar-refractivity contribution is -0.139. The third-order valence-corrected chi connectivity index (χ3v) is 3.68. The van der Waals surface area contributed by atoms with Crippen molar-refractivity contribution < 1.29 is 19.4 Å². The first-order valence-corrected chi connectivity index (χ1v) is 6.66. The smallest absolute Gasteiger partial charge is 0.223 e. The molecule has 1 saturated carbocycles. The average molecular weight is 279 g/mol. The van der Waals surface area contributed by atoms with Gasteiger partial charge in [-0.3, -0.25) is 4.79 Å². The molecule has 0 spiro atoms. The van der Waals surface area contributed by atoms with Crippen LogP contribution in [0.15, 0.2) is 18.2 Å². The molecule has 0 aromatic heterocycles. The van der Waals surface area contributed by atoms with Crippen LogP contribution in [-0.2, 0) is 11.3 Å². The van der Waals surface area contributed by atoms with Gasteiger partial charge in [0.1, 0.15) is 11.5 Å². The van der Waals surface area contributed by atoms with Gasteiger partial charge < -0.3 is 19.9 Å². The van der Waals surface area contributed by atoms with Crippen LogP contribution in [0, 0.1) is 5.92 Å². The van der Waals surface area contributed by atoms with Gasteiger partial charge in [-0.15, -0.1) is 0 Å². The number of ether oxygens (including phenoxy) is 2. The zero-order valence-electron chi connectivity index (χ0n) is 12.1. The van der Waals surface area contributed by atoms with E-state index in [4.69, 9.17) is 9.47 Å². The van der Waals surface area contributed by atoms with E-state index in [0.29, 0.717) is 25.1 Å². The van der Waals surface area contributed by atoms with Crippen molar-refractivity contribution in [2.45, 2.75) is 31.9 Å². The monoisotopic (exact) mass is 279 g/mol. The number of benzene rings is 1. The maximum atomic E-state index is 11.9. The highest BCUT2D eigenvalue weighted by molar-refractivity contribution is 5.80. The van der Waals surface area contributed by atoms with Crippen molar-refractivity contribution in [3.8, 4) is 11.5 Å². The Hall–Kier alpha value is -1.75. The topological polar surface area (TPSA) is 67.8 Å². The van der Waals surface area contributed by atoms with E-state index in [-0.39, 0.29) is 11.8 Å². The van der Waals surface area contributed by atoms with Crippen LogP contribution in [0.3, 0.4) is 0 Å². The Labute approximate surface area is 118 Å². The highest BCUT2D eigenvalue weighted by Crippen LogP contribution is 2.37. The zero-order chi connectivity index (χ0) is 14.8. The summed E-state index contributed by atoms with van der Waals surface area (Å²) in [5, 5.41) is 12.5. The highest BCUT2D eigenvalue weighted by atomic mass is 16.5. The van der Waals surface area contributed by atoms with Crippen LogP contribution in [0.5, 0.6) is 11.5 Å². The van der Waals surface area contributed by atoms with Crippen molar-refractivity contribution in [3.05, 3.63) is 23.8 Å². The van der Waals surface area contributed by atoms with Gasteiger partial charge in [-0.25, -0.2) is 0 Å². The molecule has 2 N–H and O–H groups in total. The van der Waals surface area contributed by atoms with E-state index in [0.717, 1.165) is 11.3 Å². The predicted octanol–water partition coefficient (Wildman–Crippen LogP) is 1.48. The molecular weight excluding hydrogens is 258 g/mol. The van der Waals surface area contributed by atoms with E-state index in [2.05, 4.69) is 5.32 Å². The van der Waals surface area contributed by atoms with Gasteiger partial charge in [0.25, 0.3) is 0 Å². The molecule has 0 atom stereocenters. The molecule has 0 heterocycles. The lowest BCUT2D eigenvalue weighted by Crippen LogP contribution is -2.48. The Bertz CT molecular complexity index is 491. The first kappa shape index (κ1) is 14.7. The first-order valence-electron chi connectivity index (χ1n) is 6.66. The molecule has 1 aromatic rings. The Kier molecular flexibility index (Phi) is 4.18. The van der Waals surface area contributed by atoms with Crippen LogP contribution >= 0.6 is 0 Å². The maximum absolute atomic E-state index is 11.9. The van der Waals surface area contributed by atoms with Gasteiger partial charge >= 0.3 is 0 Å². The molecule has 0 unspecified atom stereocenters. The van der Waals surface area contributed by atoms with Crippen LogP contribution in [0.2, 0.25) is 0 Å². The van der Waals surface area contributed by atoms with Crippen LogP contribution in [0.25, 0.3) is 0 Å². The molecule has 20 heavy (non-hydrogen) atoms. The van der Waals surface area contributed by atoms with Crippen LogP contribution < -0.4 is 14.8 Å². The average Bonchev–Trinajstić information content (AvgIpc) is 2.41. The number of carbonyl (C=O) groups is 1. The number of aliphatic hydroxyl groups is 1. The fourth-order valence-corrected chi connectivity index (χ4v) is 2.53. The number of nitrogens with one attached hydrogen (secondary N) is 1. The molecule has 1 amide bonds. The van der Waals surface area contributed by atoms with Crippen molar-refractivity contribution in [1.29, 1.82) is 0 Å². The van der Waals surface area contributed by atoms with Crippen molar-refractivity contribution in [2.24, 2.45) is 5.92 Å². The van der Waals surface area contributed by atoms with Crippen molar-refractivity contribution in [1.82, 2.24) is 5.32 Å². The lowest BCUT2D eigenvalue weighted by Gasteiger charge is -2.39. The number of hydrogen-bond donors (Lipinski definition) is 2. The van der Waals surface area contributed by atoms with Gasteiger partial charge in [0.05, 0.1) is 19.8 Å². The fourth-order valence-electron chi connectivity index (χ4n) is 2.53. The summed E-state index contributed by atoms with van der Waals surface area (Å²) in [6, 6.07) is 5.47. The normalized spacial score (nSPS) is 24.7. The Balaban J connectivity index is 1.95. The van der Waals surface area contributed by atoms with E-state index in [1.807, 2.05) is 18.2 Å². The molecule has 1 aliphatic rings. The third-order valence-electron chi connectivity index (χ3n) is 3.68. The second kappa shape index (κ2) is 5.71. The van der Waals surface area contributed by atoms with Crippen LogP contribution in [0.4, 0.5) is 0 Å². The van der Waals surface area contributed by atoms with E-state index < -0.39 is 5.60 Å². The van der Waals surface area contributed by atoms with E-state index in [1.165, 1.54) is 0 Å². The van der Waals surface area contributed by atoms with Gasteiger partial charge in [-0.2, -0.15) is 0 Å². The zero-order valence-corrected chi connectivity index (χ0v) is 12.1. The number of hydrogen-bond acceptors (Lipinski definition) is 4. The largest absolute Gasteiger partial charge is 0.497 e. The molecule has 0 bridgehead atoms. The molecule has 1 fully saturated rings. The number of amides is 1. The van der Waals surface area contributed by atoms with Gasteiger partial charge in [0.2, 0.25) is 5.91 Å². The predicted molar refractivity (Wildman–Crippen MR) is 74.7 cm³/mol. The Morgan fingerprint density at radius 3 is 2.65 bits per heavy atom. The maximum Gasteiger partial charge on any atom is 0.223 e. The minimum atomic E-state index is -0.685. The molecular formula is C15H21NO4. The summed E-state index contributed by atoms with van der Waals surface area (Å²) < 4.78 is 10.4. The first-order chi connectivity index (χ1) is 9.45. The molecule has 1 aromatic carbocycles. The molecule has 1 aliphatic carbocycles. The van der Waals surface area contributed by atoms with Gasteiger partial charge in [-0.05, 0) is 38.0 Å². The Morgan fingerprint density at radius 1 is 1.40 bits per heavy atom. The van der Waals surface area contributed by atoms with E-state index >= 15 is 0 Å². The van der Waals surface area contributed by atoms with Gasteiger partial charge in [0.15, 0.2) is 0 Å². The molecule has 0 saturated heterocycles. The minimum absolute atomic E-state index is 0.0265. The number of methoxy groups -OCH3 is 2. The summed E-state index contributed by atoms with van der Waals surface area (Å²) in [6.07, 6.45) is 1.04. The number of rotatable bonds is 5.